The fourth-order valence-electron chi connectivity index (χ4n) is 2.19. The van der Waals surface area contributed by atoms with Gasteiger partial charge >= 0.3 is 0 Å². The summed E-state index contributed by atoms with van der Waals surface area (Å²) < 4.78 is 5.22. The molecule has 2 aromatic rings. The molecule has 0 radical (unpaired) electrons. The molecule has 19 heavy (non-hydrogen) atoms. The highest BCUT2D eigenvalue weighted by molar-refractivity contribution is 5.33. The predicted molar refractivity (Wildman–Crippen MR) is 75.0 cm³/mol. The molecule has 4 heteroatoms. The fourth-order valence-corrected chi connectivity index (χ4v) is 2.19. The van der Waals surface area contributed by atoms with Crippen LogP contribution in [0, 0.1) is 6.92 Å². The second-order valence-corrected chi connectivity index (χ2v) is 4.69. The monoisotopic (exact) mass is 259 g/mol. The van der Waals surface area contributed by atoms with Crippen molar-refractivity contribution in [2.75, 3.05) is 6.54 Å². The van der Waals surface area contributed by atoms with E-state index in [1.165, 1.54) is 5.56 Å². The van der Waals surface area contributed by atoms with Crippen molar-refractivity contribution in [3.8, 4) is 0 Å². The van der Waals surface area contributed by atoms with Gasteiger partial charge in [-0.25, -0.2) is 0 Å². The number of furan rings is 1. The van der Waals surface area contributed by atoms with Crippen LogP contribution >= 0.6 is 0 Å². The van der Waals surface area contributed by atoms with Crippen LogP contribution in [0.3, 0.4) is 0 Å². The van der Waals surface area contributed by atoms with Crippen LogP contribution in [0.25, 0.3) is 0 Å². The average molecular weight is 259 g/mol. The third kappa shape index (κ3) is 3.20. The van der Waals surface area contributed by atoms with Crippen LogP contribution in [-0.2, 0) is 6.42 Å². The summed E-state index contributed by atoms with van der Waals surface area (Å²) in [6.07, 6.45) is 5.48. The maximum Gasteiger partial charge on any atom is 0.0953 e. The van der Waals surface area contributed by atoms with E-state index in [-0.39, 0.29) is 6.04 Å². The van der Waals surface area contributed by atoms with Gasteiger partial charge in [0.05, 0.1) is 30.0 Å². The Morgan fingerprint density at radius 2 is 2.16 bits per heavy atom. The normalized spacial score (nSPS) is 12.6. The average Bonchev–Trinajstić information content (AvgIpc) is 2.93. The number of aryl methyl sites for hydroxylation is 2. The number of nitrogens with one attached hydrogen (secondary N) is 1. The first-order valence-corrected chi connectivity index (χ1v) is 6.84. The number of rotatable bonds is 6. The minimum absolute atomic E-state index is 0.128. The Labute approximate surface area is 114 Å². The van der Waals surface area contributed by atoms with Crippen molar-refractivity contribution in [3.05, 3.63) is 47.2 Å². The fraction of sp³-hybridized carbons (Fsp3) is 0.467. The van der Waals surface area contributed by atoms with E-state index in [1.807, 2.05) is 13.0 Å². The maximum atomic E-state index is 5.22. The second kappa shape index (κ2) is 6.48. The van der Waals surface area contributed by atoms with Crippen molar-refractivity contribution in [1.82, 2.24) is 15.5 Å². The molecule has 0 aliphatic heterocycles. The summed E-state index contributed by atoms with van der Waals surface area (Å²) in [5.41, 5.74) is 4.32. The van der Waals surface area contributed by atoms with Gasteiger partial charge in [0.15, 0.2) is 0 Å². The molecular weight excluding hydrogens is 238 g/mol. The van der Waals surface area contributed by atoms with Crippen LogP contribution < -0.4 is 5.32 Å². The molecule has 2 heterocycles. The smallest absolute Gasteiger partial charge is 0.0953 e. The van der Waals surface area contributed by atoms with Crippen molar-refractivity contribution >= 4 is 0 Å². The van der Waals surface area contributed by atoms with Gasteiger partial charge in [0.2, 0.25) is 0 Å². The lowest BCUT2D eigenvalue weighted by Crippen LogP contribution is -2.24. The quantitative estimate of drug-likeness (QED) is 0.866. The first kappa shape index (κ1) is 13.7. The van der Waals surface area contributed by atoms with Crippen LogP contribution in [0.1, 0.15) is 48.8 Å². The van der Waals surface area contributed by atoms with E-state index in [0.717, 1.165) is 36.3 Å². The summed E-state index contributed by atoms with van der Waals surface area (Å²) in [5.74, 6) is 0. The van der Waals surface area contributed by atoms with Gasteiger partial charge in [0, 0.05) is 5.56 Å². The number of aromatic nitrogens is 2. The number of hydrogen-bond acceptors (Lipinski definition) is 4. The van der Waals surface area contributed by atoms with Gasteiger partial charge in [0.25, 0.3) is 0 Å². The zero-order chi connectivity index (χ0) is 13.7. The molecule has 1 unspecified atom stereocenters. The van der Waals surface area contributed by atoms with Crippen LogP contribution in [0.2, 0.25) is 0 Å². The lowest BCUT2D eigenvalue weighted by Gasteiger charge is -2.20. The summed E-state index contributed by atoms with van der Waals surface area (Å²) in [4.78, 5) is 0. The number of nitrogens with zero attached hydrogens (tertiary/aromatic N) is 2. The molecule has 0 amide bonds. The van der Waals surface area contributed by atoms with Crippen LogP contribution in [0.4, 0.5) is 0 Å². The van der Waals surface area contributed by atoms with Gasteiger partial charge in [-0.15, -0.1) is 0 Å². The molecule has 0 fully saturated rings. The zero-order valence-electron chi connectivity index (χ0n) is 11.8. The molecule has 4 nitrogen and oxygen atoms in total. The van der Waals surface area contributed by atoms with Crippen LogP contribution in [0.15, 0.2) is 29.1 Å². The maximum absolute atomic E-state index is 5.22. The van der Waals surface area contributed by atoms with Crippen molar-refractivity contribution < 1.29 is 4.42 Å². The third-order valence-electron chi connectivity index (χ3n) is 3.15. The van der Waals surface area contributed by atoms with E-state index in [2.05, 4.69) is 35.4 Å². The topological polar surface area (TPSA) is 51.0 Å². The highest BCUT2D eigenvalue weighted by atomic mass is 16.3. The highest BCUT2D eigenvalue weighted by Gasteiger charge is 2.18. The molecule has 0 saturated heterocycles. The summed E-state index contributed by atoms with van der Waals surface area (Å²) in [5, 5.41) is 12.0. The summed E-state index contributed by atoms with van der Waals surface area (Å²) >= 11 is 0. The molecule has 0 spiro atoms. The minimum atomic E-state index is 0.128. The van der Waals surface area contributed by atoms with Gasteiger partial charge in [-0.1, -0.05) is 13.8 Å². The van der Waals surface area contributed by atoms with E-state index < -0.39 is 0 Å². The van der Waals surface area contributed by atoms with E-state index in [1.54, 1.807) is 12.5 Å². The molecule has 2 rings (SSSR count). The number of hydrogen-bond donors (Lipinski definition) is 1. The molecule has 0 aromatic carbocycles. The SMILES string of the molecule is CCCNC(c1ccoc1)c1cc(C)nnc1CC. The van der Waals surface area contributed by atoms with Gasteiger partial charge < -0.3 is 9.73 Å². The Bertz CT molecular complexity index is 508. The minimum Gasteiger partial charge on any atom is -0.472 e. The lowest BCUT2D eigenvalue weighted by atomic mass is 9.98. The van der Waals surface area contributed by atoms with Crippen LogP contribution in [0.5, 0.6) is 0 Å². The van der Waals surface area contributed by atoms with Gasteiger partial charge in [-0.2, -0.15) is 10.2 Å². The Morgan fingerprint density at radius 3 is 2.79 bits per heavy atom. The van der Waals surface area contributed by atoms with Crippen molar-refractivity contribution in [2.45, 2.75) is 39.7 Å². The van der Waals surface area contributed by atoms with Crippen molar-refractivity contribution in [2.24, 2.45) is 0 Å². The Balaban J connectivity index is 2.39. The Morgan fingerprint density at radius 1 is 1.32 bits per heavy atom. The third-order valence-corrected chi connectivity index (χ3v) is 3.15. The van der Waals surface area contributed by atoms with E-state index in [0.29, 0.717) is 0 Å². The first-order chi connectivity index (χ1) is 9.26. The van der Waals surface area contributed by atoms with Gasteiger partial charge in [-0.05, 0) is 44.0 Å². The van der Waals surface area contributed by atoms with Gasteiger partial charge in [0.1, 0.15) is 0 Å². The van der Waals surface area contributed by atoms with E-state index >= 15 is 0 Å². The van der Waals surface area contributed by atoms with E-state index in [9.17, 15) is 0 Å². The van der Waals surface area contributed by atoms with Crippen LogP contribution in [-0.4, -0.2) is 16.7 Å². The largest absolute Gasteiger partial charge is 0.472 e. The zero-order valence-corrected chi connectivity index (χ0v) is 11.8. The molecule has 0 aliphatic carbocycles. The lowest BCUT2D eigenvalue weighted by molar-refractivity contribution is 0.545. The highest BCUT2D eigenvalue weighted by Crippen LogP contribution is 2.25. The molecule has 0 aliphatic rings. The van der Waals surface area contributed by atoms with Crippen molar-refractivity contribution in [1.29, 1.82) is 0 Å². The molecule has 102 valence electrons. The molecule has 1 N–H and O–H groups in total. The molecule has 0 saturated carbocycles. The standard InChI is InChI=1S/C15H21N3O/c1-4-7-16-15(12-6-8-19-10-12)13-9-11(3)17-18-14(13)5-2/h6,8-10,15-16H,4-5,7H2,1-3H3. The predicted octanol–water partition coefficient (Wildman–Crippen LogP) is 3.03. The summed E-state index contributed by atoms with van der Waals surface area (Å²) in [6, 6.07) is 4.25. The second-order valence-electron chi connectivity index (χ2n) is 4.69. The Kier molecular flexibility index (Phi) is 4.68. The Hall–Kier alpha value is -1.68. The van der Waals surface area contributed by atoms with Gasteiger partial charge in [-0.3, -0.25) is 0 Å². The molecule has 2 aromatic heterocycles. The molecule has 0 bridgehead atoms. The molecular formula is C15H21N3O. The van der Waals surface area contributed by atoms with E-state index in [4.69, 9.17) is 4.42 Å². The molecule has 1 atom stereocenters. The van der Waals surface area contributed by atoms with Crippen molar-refractivity contribution in [3.63, 3.8) is 0 Å². The summed E-state index contributed by atoms with van der Waals surface area (Å²) in [6.45, 7) is 7.20. The summed E-state index contributed by atoms with van der Waals surface area (Å²) in [7, 11) is 0. The first-order valence-electron chi connectivity index (χ1n) is 6.84.